The summed E-state index contributed by atoms with van der Waals surface area (Å²) in [6.45, 7) is 13.7. The molecular formula is C36H64N4O8. The van der Waals surface area contributed by atoms with Crippen LogP contribution in [0.4, 0.5) is 0 Å². The lowest BCUT2D eigenvalue weighted by Gasteiger charge is -2.62. The minimum atomic E-state index is -0.961. The van der Waals surface area contributed by atoms with Gasteiger partial charge in [-0.15, -0.1) is 0 Å². The molecule has 48 heavy (non-hydrogen) atoms. The SMILES string of the molecule is CC=C(C)OCC(C)(CC)N(C1CC2(CCOCC2)N(O)C2(CCOCC2)C1)C(O)NC1CC2(CCOCC2)N(O)C2(CCOCC2)C1. The molecule has 0 saturated carbocycles. The Bertz CT molecular complexity index is 1030. The highest BCUT2D eigenvalue weighted by molar-refractivity contribution is 5.12. The van der Waals surface area contributed by atoms with Gasteiger partial charge in [0.05, 0.1) is 33.5 Å². The van der Waals surface area contributed by atoms with Crippen LogP contribution in [0.1, 0.15) is 111 Å². The molecule has 6 saturated heterocycles. The predicted molar refractivity (Wildman–Crippen MR) is 179 cm³/mol. The first kappa shape index (κ1) is 36.9. The van der Waals surface area contributed by atoms with Crippen molar-refractivity contribution in [3.63, 3.8) is 0 Å². The van der Waals surface area contributed by atoms with Gasteiger partial charge in [-0.05, 0) is 104 Å². The fourth-order valence-corrected chi connectivity index (χ4v) is 10.2. The zero-order valence-electron chi connectivity index (χ0n) is 30.1. The van der Waals surface area contributed by atoms with Crippen LogP contribution in [-0.4, -0.2) is 136 Å². The van der Waals surface area contributed by atoms with Crippen LogP contribution < -0.4 is 5.32 Å². The number of hydroxylamine groups is 4. The molecule has 0 radical (unpaired) electrons. The lowest BCUT2D eigenvalue weighted by molar-refractivity contribution is -0.309. The van der Waals surface area contributed by atoms with Crippen molar-refractivity contribution in [1.29, 1.82) is 0 Å². The molecular weight excluding hydrogens is 616 g/mol. The lowest BCUT2D eigenvalue weighted by Crippen LogP contribution is -2.74. The number of nitrogens with one attached hydrogen (secondary N) is 1. The summed E-state index contributed by atoms with van der Waals surface area (Å²) in [6, 6.07) is -0.0491. The number of aliphatic hydroxyl groups excluding tert-OH is 1. The van der Waals surface area contributed by atoms with E-state index in [0.717, 1.165) is 89.2 Å². The zero-order valence-corrected chi connectivity index (χ0v) is 30.1. The third kappa shape index (κ3) is 6.98. The van der Waals surface area contributed by atoms with Crippen LogP contribution in [0.15, 0.2) is 11.8 Å². The van der Waals surface area contributed by atoms with Gasteiger partial charge in [0.2, 0.25) is 0 Å². The first-order valence-electron chi connectivity index (χ1n) is 18.8. The fraction of sp³-hybridized carbons (Fsp3) is 0.944. The van der Waals surface area contributed by atoms with Gasteiger partial charge < -0.3 is 39.2 Å². The molecule has 2 atom stereocenters. The van der Waals surface area contributed by atoms with Crippen LogP contribution in [0, 0.1) is 0 Å². The number of aliphatic hydroxyl groups is 1. The highest BCUT2D eigenvalue weighted by Crippen LogP contribution is 2.51. The summed E-state index contributed by atoms with van der Waals surface area (Å²) in [4.78, 5) is 2.32. The monoisotopic (exact) mass is 680 g/mol. The van der Waals surface area contributed by atoms with Crippen molar-refractivity contribution in [3.8, 4) is 0 Å². The molecule has 6 aliphatic rings. The van der Waals surface area contributed by atoms with Crippen molar-refractivity contribution < 1.29 is 39.2 Å². The summed E-state index contributed by atoms with van der Waals surface area (Å²) >= 11 is 0. The Morgan fingerprint density at radius 2 is 1.17 bits per heavy atom. The molecule has 6 fully saturated rings. The molecule has 0 aliphatic carbocycles. The van der Waals surface area contributed by atoms with E-state index in [9.17, 15) is 15.5 Å². The largest absolute Gasteiger partial charge is 0.497 e. The molecule has 0 aromatic heterocycles. The Kier molecular flexibility index (Phi) is 11.5. The standard InChI is InChI=1S/C36H64N4O8/c1-5-28(3)48-27-32(4,6-2)38(30-25-35(11-19-46-20-12-35)40(43)36(26-30)13-21-47-22-14-36)31(41)37-29-23-33(7-15-44-16-8-33)39(42)34(24-29)9-17-45-18-10-34/h5,29-31,37,41-43H,6-27H2,1-4H3. The van der Waals surface area contributed by atoms with Crippen molar-refractivity contribution in [1.82, 2.24) is 20.3 Å². The van der Waals surface area contributed by atoms with E-state index in [2.05, 4.69) is 24.1 Å². The van der Waals surface area contributed by atoms with Crippen molar-refractivity contribution in [2.24, 2.45) is 0 Å². The number of piperidine rings is 2. The van der Waals surface area contributed by atoms with E-state index in [1.165, 1.54) is 0 Å². The highest BCUT2D eigenvalue weighted by Gasteiger charge is 2.59. The van der Waals surface area contributed by atoms with Gasteiger partial charge in [-0.1, -0.05) is 13.0 Å². The number of ether oxygens (including phenoxy) is 5. The van der Waals surface area contributed by atoms with Crippen LogP contribution in [0.2, 0.25) is 0 Å². The third-order valence-electron chi connectivity index (χ3n) is 13.4. The molecule has 0 aromatic rings. The van der Waals surface area contributed by atoms with Crippen molar-refractivity contribution in [3.05, 3.63) is 11.8 Å². The maximum Gasteiger partial charge on any atom is 0.164 e. The minimum Gasteiger partial charge on any atom is -0.497 e. The molecule has 6 aliphatic heterocycles. The van der Waals surface area contributed by atoms with Gasteiger partial charge in [-0.3, -0.25) is 10.2 Å². The van der Waals surface area contributed by atoms with Gasteiger partial charge >= 0.3 is 0 Å². The van der Waals surface area contributed by atoms with Crippen LogP contribution in [-0.2, 0) is 23.7 Å². The average Bonchev–Trinajstić information content (AvgIpc) is 3.10. The Morgan fingerprint density at radius 3 is 1.52 bits per heavy atom. The van der Waals surface area contributed by atoms with Crippen molar-refractivity contribution >= 4 is 0 Å². The van der Waals surface area contributed by atoms with Gasteiger partial charge in [-0.25, -0.2) is 0 Å². The summed E-state index contributed by atoms with van der Waals surface area (Å²) in [5, 5.41) is 43.9. The van der Waals surface area contributed by atoms with Gasteiger partial charge in [-0.2, -0.15) is 10.1 Å². The Labute approximate surface area is 287 Å². The van der Waals surface area contributed by atoms with E-state index in [-0.39, 0.29) is 12.1 Å². The topological polar surface area (TPSA) is 129 Å². The number of rotatable bonds is 9. The van der Waals surface area contributed by atoms with Crippen LogP contribution in [0.5, 0.6) is 0 Å². The Morgan fingerprint density at radius 1 is 0.792 bits per heavy atom. The smallest absolute Gasteiger partial charge is 0.164 e. The third-order valence-corrected chi connectivity index (χ3v) is 13.4. The highest BCUT2D eigenvalue weighted by atomic mass is 16.5. The maximum absolute atomic E-state index is 12.7. The molecule has 12 heteroatoms. The molecule has 4 spiro atoms. The summed E-state index contributed by atoms with van der Waals surface area (Å²) in [5.41, 5.74) is -2.20. The molecule has 6 rings (SSSR count). The molecule has 4 N–H and O–H groups in total. The molecule has 0 bridgehead atoms. The van der Waals surface area contributed by atoms with E-state index < -0.39 is 34.0 Å². The van der Waals surface area contributed by atoms with E-state index in [0.29, 0.717) is 59.5 Å². The summed E-state index contributed by atoms with van der Waals surface area (Å²) < 4.78 is 29.6. The van der Waals surface area contributed by atoms with Gasteiger partial charge in [0.1, 0.15) is 6.61 Å². The maximum atomic E-state index is 12.7. The minimum absolute atomic E-state index is 0.0200. The molecule has 0 aromatic carbocycles. The second-order valence-corrected chi connectivity index (χ2v) is 16.1. The zero-order chi connectivity index (χ0) is 34.0. The Hall–Kier alpha value is -0.900. The molecule has 2 unspecified atom stereocenters. The molecule has 276 valence electrons. The van der Waals surface area contributed by atoms with Crippen molar-refractivity contribution in [2.45, 2.75) is 157 Å². The second-order valence-electron chi connectivity index (χ2n) is 16.1. The van der Waals surface area contributed by atoms with E-state index >= 15 is 0 Å². The summed E-state index contributed by atoms with van der Waals surface area (Å²) in [6.07, 6.45) is 10.8. The second kappa shape index (κ2) is 15.0. The number of hydrogen-bond donors (Lipinski definition) is 4. The quantitative estimate of drug-likeness (QED) is 0.206. The summed E-state index contributed by atoms with van der Waals surface area (Å²) in [5.74, 6) is 0.863. The Balaban J connectivity index is 1.35. The molecule has 6 heterocycles. The van der Waals surface area contributed by atoms with Gasteiger partial charge in [0.15, 0.2) is 6.35 Å². The van der Waals surface area contributed by atoms with Crippen LogP contribution >= 0.6 is 0 Å². The van der Waals surface area contributed by atoms with Crippen LogP contribution in [0.25, 0.3) is 0 Å². The number of nitrogens with zero attached hydrogens (tertiary/aromatic N) is 3. The van der Waals surface area contributed by atoms with E-state index in [1.54, 1.807) is 10.1 Å². The lowest BCUT2D eigenvalue weighted by atomic mass is 9.68. The van der Waals surface area contributed by atoms with Crippen LogP contribution in [0.3, 0.4) is 0 Å². The number of allylic oxidation sites excluding steroid dienone is 2. The molecule has 0 amide bonds. The van der Waals surface area contributed by atoms with Gasteiger partial charge in [0.25, 0.3) is 0 Å². The predicted octanol–water partition coefficient (Wildman–Crippen LogP) is 4.17. The molecule has 12 nitrogen and oxygen atoms in total. The van der Waals surface area contributed by atoms with E-state index in [4.69, 9.17) is 23.7 Å². The normalized spacial score (nSPS) is 32.9. The first-order valence-corrected chi connectivity index (χ1v) is 18.8. The van der Waals surface area contributed by atoms with Crippen molar-refractivity contribution in [2.75, 3.05) is 59.5 Å². The van der Waals surface area contributed by atoms with E-state index in [1.807, 2.05) is 19.9 Å². The first-order chi connectivity index (χ1) is 23.0. The number of hydrogen-bond acceptors (Lipinski definition) is 12. The average molecular weight is 681 g/mol. The fourth-order valence-electron chi connectivity index (χ4n) is 10.2. The summed E-state index contributed by atoms with van der Waals surface area (Å²) in [7, 11) is 0. The van der Waals surface area contributed by atoms with Gasteiger partial charge in [0, 0.05) is 64.9 Å².